The molecule has 1 aliphatic heterocycles. The summed E-state index contributed by atoms with van der Waals surface area (Å²) >= 11 is 0. The molecule has 9 heteroatoms. The zero-order chi connectivity index (χ0) is 20.1. The summed E-state index contributed by atoms with van der Waals surface area (Å²) in [6, 6.07) is 6.65. The third-order valence-corrected chi connectivity index (χ3v) is 5.93. The van der Waals surface area contributed by atoms with Gasteiger partial charge in [0, 0.05) is 12.2 Å². The van der Waals surface area contributed by atoms with Gasteiger partial charge in [0.05, 0.1) is 23.7 Å². The zero-order valence-electron chi connectivity index (χ0n) is 15.4. The molecule has 0 bridgehead atoms. The van der Waals surface area contributed by atoms with Gasteiger partial charge >= 0.3 is 0 Å². The normalized spacial score (nSPS) is 20.1. The van der Waals surface area contributed by atoms with Crippen LogP contribution in [-0.4, -0.2) is 44.5 Å². The Balaban J connectivity index is 1.67. The van der Waals surface area contributed by atoms with Gasteiger partial charge in [0.15, 0.2) is 11.6 Å². The Morgan fingerprint density at radius 3 is 2.79 bits per heavy atom. The van der Waals surface area contributed by atoms with Crippen LogP contribution in [0.25, 0.3) is 11.3 Å². The van der Waals surface area contributed by atoms with Gasteiger partial charge in [-0.2, -0.15) is 0 Å². The van der Waals surface area contributed by atoms with E-state index in [4.69, 9.17) is 9.47 Å². The molecule has 1 aromatic carbocycles. The summed E-state index contributed by atoms with van der Waals surface area (Å²) in [5.74, 6) is -1.06. The van der Waals surface area contributed by atoms with Crippen LogP contribution in [0.2, 0.25) is 0 Å². The molecule has 1 fully saturated rings. The number of hydrogen-bond acceptors (Lipinski definition) is 5. The van der Waals surface area contributed by atoms with Crippen LogP contribution >= 0.6 is 0 Å². The number of nitrogens with one attached hydrogen (secondary N) is 1. The van der Waals surface area contributed by atoms with Crippen molar-refractivity contribution in [3.8, 4) is 17.0 Å². The maximum absolute atomic E-state index is 14.4. The van der Waals surface area contributed by atoms with Gasteiger partial charge < -0.3 is 9.47 Å². The maximum atomic E-state index is 14.4. The summed E-state index contributed by atoms with van der Waals surface area (Å²) in [6.45, 7) is 2.07. The molecular formula is C19H22F2N2O4S. The Morgan fingerprint density at radius 2 is 2.11 bits per heavy atom. The fraction of sp³-hybridized carbons (Fsp3) is 0.421. The molecule has 0 saturated carbocycles. The van der Waals surface area contributed by atoms with E-state index in [0.29, 0.717) is 24.3 Å². The molecular weight excluding hydrogens is 390 g/mol. The molecule has 2 unspecified atom stereocenters. The molecule has 1 saturated heterocycles. The third kappa shape index (κ3) is 5.24. The summed E-state index contributed by atoms with van der Waals surface area (Å²) in [7, 11) is -3.38. The van der Waals surface area contributed by atoms with Gasteiger partial charge in [-0.1, -0.05) is 0 Å². The minimum absolute atomic E-state index is 0.0158. The summed E-state index contributed by atoms with van der Waals surface area (Å²) < 4.78 is 64.8. The molecule has 0 amide bonds. The van der Waals surface area contributed by atoms with Crippen molar-refractivity contribution in [2.45, 2.75) is 31.9 Å². The van der Waals surface area contributed by atoms with Crippen LogP contribution in [0.1, 0.15) is 19.8 Å². The first-order valence-electron chi connectivity index (χ1n) is 9.04. The Labute approximate surface area is 162 Å². The largest absolute Gasteiger partial charge is 0.488 e. The van der Waals surface area contributed by atoms with E-state index in [1.807, 2.05) is 0 Å². The summed E-state index contributed by atoms with van der Waals surface area (Å²) in [5.41, 5.74) is 0.934. The minimum Gasteiger partial charge on any atom is -0.488 e. The summed E-state index contributed by atoms with van der Waals surface area (Å²) in [6.07, 6.45) is 1.93. The second-order valence-electron chi connectivity index (χ2n) is 6.50. The van der Waals surface area contributed by atoms with Crippen molar-refractivity contribution in [2.75, 3.05) is 19.0 Å². The highest BCUT2D eigenvalue weighted by molar-refractivity contribution is 7.89. The lowest BCUT2D eigenvalue weighted by molar-refractivity contribution is -0.0285. The van der Waals surface area contributed by atoms with Crippen LogP contribution in [0.3, 0.4) is 0 Å². The highest BCUT2D eigenvalue weighted by Crippen LogP contribution is 2.25. The fourth-order valence-electron chi connectivity index (χ4n) is 2.95. The van der Waals surface area contributed by atoms with E-state index in [1.165, 1.54) is 24.3 Å². The number of sulfonamides is 1. The monoisotopic (exact) mass is 412 g/mol. The fourth-order valence-corrected chi connectivity index (χ4v) is 3.85. The van der Waals surface area contributed by atoms with Crippen molar-refractivity contribution < 1.29 is 26.7 Å². The Hall–Kier alpha value is -2.10. The molecule has 3 rings (SSSR count). The first kappa shape index (κ1) is 20.6. The van der Waals surface area contributed by atoms with E-state index in [1.54, 1.807) is 13.0 Å². The number of halogens is 2. The smallest absolute Gasteiger partial charge is 0.211 e. The van der Waals surface area contributed by atoms with Crippen LogP contribution in [-0.2, 0) is 14.8 Å². The van der Waals surface area contributed by atoms with E-state index < -0.39 is 33.8 Å². The van der Waals surface area contributed by atoms with E-state index >= 15 is 0 Å². The third-order valence-electron chi connectivity index (χ3n) is 4.51. The highest BCUT2D eigenvalue weighted by Gasteiger charge is 2.30. The molecule has 28 heavy (non-hydrogen) atoms. The lowest BCUT2D eigenvalue weighted by Crippen LogP contribution is -2.49. The van der Waals surface area contributed by atoms with Gasteiger partial charge in [-0.05, 0) is 50.1 Å². The zero-order valence-corrected chi connectivity index (χ0v) is 16.2. The molecule has 1 aliphatic rings. The number of benzene rings is 1. The molecule has 2 aromatic rings. The molecule has 1 N–H and O–H groups in total. The number of pyridine rings is 1. The lowest BCUT2D eigenvalue weighted by Gasteiger charge is -2.31. The molecule has 6 nitrogen and oxygen atoms in total. The van der Waals surface area contributed by atoms with E-state index in [2.05, 4.69) is 9.71 Å². The summed E-state index contributed by atoms with van der Waals surface area (Å²) in [4.78, 5) is 3.92. The summed E-state index contributed by atoms with van der Waals surface area (Å²) in [5, 5.41) is 0. The van der Waals surface area contributed by atoms with Gasteiger partial charge in [0.2, 0.25) is 10.0 Å². The van der Waals surface area contributed by atoms with Crippen LogP contribution in [0.15, 0.2) is 36.5 Å². The first-order valence-corrected chi connectivity index (χ1v) is 10.7. The van der Waals surface area contributed by atoms with Gasteiger partial charge in [0.1, 0.15) is 18.5 Å². The predicted octanol–water partition coefficient (Wildman–Crippen LogP) is 2.89. The van der Waals surface area contributed by atoms with Crippen molar-refractivity contribution in [1.29, 1.82) is 0 Å². The van der Waals surface area contributed by atoms with Crippen molar-refractivity contribution in [1.82, 2.24) is 9.71 Å². The minimum atomic E-state index is -3.38. The van der Waals surface area contributed by atoms with Crippen LogP contribution in [0.5, 0.6) is 5.75 Å². The van der Waals surface area contributed by atoms with Crippen molar-refractivity contribution in [3.63, 3.8) is 0 Å². The van der Waals surface area contributed by atoms with E-state index in [0.717, 1.165) is 12.6 Å². The molecule has 0 spiro atoms. The molecule has 1 aromatic heterocycles. The van der Waals surface area contributed by atoms with Crippen molar-refractivity contribution in [3.05, 3.63) is 48.2 Å². The predicted molar refractivity (Wildman–Crippen MR) is 100 cm³/mol. The molecule has 0 aliphatic carbocycles. The second kappa shape index (κ2) is 8.93. The average molecular weight is 412 g/mol. The topological polar surface area (TPSA) is 77.5 Å². The number of aromatic nitrogens is 1. The number of rotatable bonds is 7. The lowest BCUT2D eigenvalue weighted by atomic mass is 10.0. The number of hydrogen-bond donors (Lipinski definition) is 1. The molecule has 0 radical (unpaired) electrons. The highest BCUT2D eigenvalue weighted by atomic mass is 32.2. The standard InChI is InChI=1S/C19H22F2N2O4S/c1-2-28(24,25)23-17-4-3-9-26-19(17)12-27-18-8-5-13(10-15(18)21)16-7-6-14(20)11-22-16/h5-8,10-11,17,19,23H,2-4,9,12H2,1H3. The van der Waals surface area contributed by atoms with E-state index in [9.17, 15) is 17.2 Å². The Morgan fingerprint density at radius 1 is 1.29 bits per heavy atom. The Bertz CT molecular complexity index is 907. The van der Waals surface area contributed by atoms with Crippen LogP contribution in [0.4, 0.5) is 8.78 Å². The molecule has 152 valence electrons. The van der Waals surface area contributed by atoms with Crippen LogP contribution in [0, 0.1) is 11.6 Å². The Kier molecular flexibility index (Phi) is 6.58. The SMILES string of the molecule is CCS(=O)(=O)NC1CCCOC1COc1ccc(-c2ccc(F)cn2)cc1F. The molecule has 2 atom stereocenters. The average Bonchev–Trinajstić information content (AvgIpc) is 2.68. The van der Waals surface area contributed by atoms with Gasteiger partial charge in [-0.25, -0.2) is 21.9 Å². The van der Waals surface area contributed by atoms with E-state index in [-0.39, 0.29) is 18.1 Å². The maximum Gasteiger partial charge on any atom is 0.211 e. The number of ether oxygens (including phenoxy) is 2. The van der Waals surface area contributed by atoms with Gasteiger partial charge in [0.25, 0.3) is 0 Å². The quantitative estimate of drug-likeness (QED) is 0.757. The van der Waals surface area contributed by atoms with Gasteiger partial charge in [-0.3, -0.25) is 4.98 Å². The second-order valence-corrected chi connectivity index (χ2v) is 8.54. The number of nitrogens with zero attached hydrogens (tertiary/aromatic N) is 1. The van der Waals surface area contributed by atoms with Gasteiger partial charge in [-0.15, -0.1) is 0 Å². The molecule has 2 heterocycles. The van der Waals surface area contributed by atoms with Crippen molar-refractivity contribution >= 4 is 10.0 Å². The first-order chi connectivity index (χ1) is 13.4. The van der Waals surface area contributed by atoms with Crippen molar-refractivity contribution in [2.24, 2.45) is 0 Å². The van der Waals surface area contributed by atoms with Crippen LogP contribution < -0.4 is 9.46 Å².